The van der Waals surface area contributed by atoms with Crippen LogP contribution >= 0.6 is 7.82 Å². The van der Waals surface area contributed by atoms with Crippen molar-refractivity contribution in [2.24, 2.45) is 10.8 Å². The first-order valence-electron chi connectivity index (χ1n) is 9.25. The number of phosphoric ester groups is 1. The van der Waals surface area contributed by atoms with Crippen molar-refractivity contribution in [2.75, 3.05) is 54.6 Å². The fraction of sp³-hybridized carbons (Fsp3) is 0.889. The van der Waals surface area contributed by atoms with E-state index in [4.69, 9.17) is 18.5 Å². The summed E-state index contributed by atoms with van der Waals surface area (Å²) < 4.78 is 31.7. The van der Waals surface area contributed by atoms with Gasteiger partial charge in [0, 0.05) is 0 Å². The maximum Gasteiger partial charge on any atom is 0.311 e. The van der Waals surface area contributed by atoms with E-state index in [-0.39, 0.29) is 26.2 Å². The first-order valence-corrected chi connectivity index (χ1v) is 10.7. The highest BCUT2D eigenvalue weighted by Crippen LogP contribution is 2.39. The largest absolute Gasteiger partial charge is 0.756 e. The van der Waals surface area contributed by atoms with Crippen LogP contribution in [0, 0.1) is 10.8 Å². The molecule has 0 bridgehead atoms. The van der Waals surface area contributed by atoms with Crippen LogP contribution in [-0.4, -0.2) is 71.0 Å². The Hall–Kier alpha value is -0.990. The minimum Gasteiger partial charge on any atom is -0.756 e. The number of hydrogen-bond donors (Lipinski definition) is 0. The van der Waals surface area contributed by atoms with Gasteiger partial charge >= 0.3 is 11.9 Å². The Labute approximate surface area is 168 Å². The highest BCUT2D eigenvalue weighted by atomic mass is 31.2. The molecule has 0 aromatic rings. The van der Waals surface area contributed by atoms with Gasteiger partial charge in [-0.25, -0.2) is 0 Å². The fourth-order valence-corrected chi connectivity index (χ4v) is 3.26. The number of quaternary nitrogens is 1. The van der Waals surface area contributed by atoms with Gasteiger partial charge in [-0.15, -0.1) is 0 Å². The number of ether oxygens (including phenoxy) is 2. The van der Waals surface area contributed by atoms with Crippen LogP contribution in [0.25, 0.3) is 0 Å². The Balaban J connectivity index is 4.54. The first-order chi connectivity index (χ1) is 12.6. The van der Waals surface area contributed by atoms with Gasteiger partial charge in [-0.3, -0.25) is 14.2 Å². The van der Waals surface area contributed by atoms with Gasteiger partial charge in [0.05, 0.1) is 45.7 Å². The van der Waals surface area contributed by atoms with Gasteiger partial charge in [-0.1, -0.05) is 6.92 Å². The van der Waals surface area contributed by atoms with E-state index in [1.165, 1.54) is 7.11 Å². The van der Waals surface area contributed by atoms with Crippen molar-refractivity contribution >= 4 is 19.8 Å². The topological polar surface area (TPSA) is 111 Å². The second-order valence-electron chi connectivity index (χ2n) is 8.73. The summed E-state index contributed by atoms with van der Waals surface area (Å²) in [6, 6.07) is 0. The number of carbonyl (C=O) groups excluding carboxylic acids is 2. The molecule has 2 atom stereocenters. The summed E-state index contributed by atoms with van der Waals surface area (Å²) in [5.41, 5.74) is -1.78. The molecule has 0 aliphatic rings. The van der Waals surface area contributed by atoms with Crippen molar-refractivity contribution < 1.29 is 42.1 Å². The third kappa shape index (κ3) is 9.98. The van der Waals surface area contributed by atoms with Gasteiger partial charge in [0.1, 0.15) is 19.8 Å². The summed E-state index contributed by atoms with van der Waals surface area (Å²) in [6.07, 6.45) is 0.679. The molecule has 0 amide bonds. The van der Waals surface area contributed by atoms with Crippen LogP contribution in [0.2, 0.25) is 0 Å². The molecule has 10 heteroatoms. The van der Waals surface area contributed by atoms with Crippen molar-refractivity contribution in [2.45, 2.75) is 40.5 Å². The molecule has 0 fully saturated rings. The molecular formula is C18H36NO8P. The molecule has 2 unspecified atom stereocenters. The Morgan fingerprint density at radius 1 is 1.00 bits per heavy atom. The highest BCUT2D eigenvalue weighted by Gasteiger charge is 2.42. The van der Waals surface area contributed by atoms with E-state index in [0.29, 0.717) is 17.4 Å². The van der Waals surface area contributed by atoms with Crippen LogP contribution in [0.4, 0.5) is 0 Å². The molecule has 0 radical (unpaired) electrons. The summed E-state index contributed by atoms with van der Waals surface area (Å²) in [5.74, 6) is -0.941. The molecule has 0 rings (SSSR count). The Kier molecular flexibility index (Phi) is 10.3. The van der Waals surface area contributed by atoms with E-state index in [1.807, 2.05) is 28.1 Å². The molecule has 0 N–H and O–H groups in total. The quantitative estimate of drug-likeness (QED) is 0.190. The lowest BCUT2D eigenvalue weighted by molar-refractivity contribution is -0.870. The molecule has 0 spiro atoms. The Morgan fingerprint density at radius 2 is 1.54 bits per heavy atom. The lowest BCUT2D eigenvalue weighted by Crippen LogP contribution is -2.38. The average molecular weight is 425 g/mol. The molecular weight excluding hydrogens is 389 g/mol. The number of nitrogens with zero attached hydrogens (tertiary/aromatic N) is 1. The van der Waals surface area contributed by atoms with Gasteiger partial charge in [-0.05, 0) is 33.6 Å². The molecule has 0 aromatic carbocycles. The number of hydrogen-bond acceptors (Lipinski definition) is 8. The lowest BCUT2D eigenvalue weighted by atomic mass is 9.72. The first kappa shape index (κ1) is 27.0. The van der Waals surface area contributed by atoms with Crippen molar-refractivity contribution in [3.8, 4) is 0 Å². The molecule has 0 heterocycles. The zero-order valence-electron chi connectivity index (χ0n) is 18.4. The number of esters is 2. The van der Waals surface area contributed by atoms with Crippen molar-refractivity contribution in [1.29, 1.82) is 0 Å². The van der Waals surface area contributed by atoms with E-state index >= 15 is 0 Å². The second-order valence-corrected chi connectivity index (χ2v) is 10.1. The van der Waals surface area contributed by atoms with E-state index in [1.54, 1.807) is 20.8 Å². The molecule has 9 nitrogen and oxygen atoms in total. The average Bonchev–Trinajstić information content (AvgIpc) is 2.55. The predicted octanol–water partition coefficient (Wildman–Crippen LogP) is 1.74. The molecule has 0 aliphatic heterocycles. The van der Waals surface area contributed by atoms with E-state index in [0.717, 1.165) is 0 Å². The van der Waals surface area contributed by atoms with Crippen LogP contribution in [0.1, 0.15) is 40.5 Å². The minimum atomic E-state index is -4.45. The monoisotopic (exact) mass is 425 g/mol. The van der Waals surface area contributed by atoms with Crippen LogP contribution in [0.5, 0.6) is 0 Å². The van der Waals surface area contributed by atoms with Crippen LogP contribution in [-0.2, 0) is 32.7 Å². The van der Waals surface area contributed by atoms with Crippen molar-refractivity contribution in [3.05, 3.63) is 0 Å². The van der Waals surface area contributed by atoms with E-state index in [2.05, 4.69) is 0 Å². The molecule has 0 aliphatic carbocycles. The normalized spacial score (nSPS) is 16.8. The second kappa shape index (κ2) is 10.7. The van der Waals surface area contributed by atoms with Crippen LogP contribution < -0.4 is 4.89 Å². The zero-order chi connectivity index (χ0) is 22.2. The SMILES string of the molecule is CCC(C)(CC(C)(C)C(=O)OC)C(=O)OCCOP(=O)([O-])OCC[N+](C)(C)C. The standard InChI is InChI=1S/C18H36NO8P/c1-9-18(4,14-17(2,3)15(20)24-8)16(21)25-12-13-27-28(22,23)26-11-10-19(5,6)7/h9-14H2,1-8H3. The summed E-state index contributed by atoms with van der Waals surface area (Å²) in [4.78, 5) is 36.1. The summed E-state index contributed by atoms with van der Waals surface area (Å²) in [7, 11) is 2.57. The Bertz CT molecular complexity index is 572. The minimum absolute atomic E-state index is 0.000577. The van der Waals surface area contributed by atoms with Gasteiger partial charge in [0.25, 0.3) is 7.82 Å². The van der Waals surface area contributed by atoms with Crippen LogP contribution in [0.3, 0.4) is 0 Å². The van der Waals surface area contributed by atoms with E-state index < -0.39 is 30.6 Å². The third-order valence-corrected chi connectivity index (χ3v) is 5.42. The highest BCUT2D eigenvalue weighted by molar-refractivity contribution is 7.45. The summed E-state index contributed by atoms with van der Waals surface area (Å²) in [6.45, 7) is 6.84. The van der Waals surface area contributed by atoms with Gasteiger partial charge in [0.2, 0.25) is 0 Å². The maximum atomic E-state index is 12.5. The molecule has 0 saturated carbocycles. The number of methoxy groups -OCH3 is 1. The number of phosphoric acid groups is 1. The van der Waals surface area contributed by atoms with Gasteiger partial charge in [0.15, 0.2) is 0 Å². The summed E-state index contributed by atoms with van der Waals surface area (Å²) >= 11 is 0. The van der Waals surface area contributed by atoms with Gasteiger partial charge in [-0.2, -0.15) is 0 Å². The molecule has 0 saturated heterocycles. The lowest BCUT2D eigenvalue weighted by Gasteiger charge is -2.33. The smallest absolute Gasteiger partial charge is 0.311 e. The van der Waals surface area contributed by atoms with Crippen molar-refractivity contribution in [1.82, 2.24) is 0 Å². The molecule has 0 aromatic heterocycles. The Morgan fingerprint density at radius 3 is 2.00 bits per heavy atom. The van der Waals surface area contributed by atoms with E-state index in [9.17, 15) is 19.0 Å². The predicted molar refractivity (Wildman–Crippen MR) is 102 cm³/mol. The van der Waals surface area contributed by atoms with Crippen LogP contribution in [0.15, 0.2) is 0 Å². The molecule has 28 heavy (non-hydrogen) atoms. The third-order valence-electron chi connectivity index (χ3n) is 4.42. The number of carbonyl (C=O) groups is 2. The summed E-state index contributed by atoms with van der Waals surface area (Å²) in [5, 5.41) is 0. The fourth-order valence-electron chi connectivity index (χ4n) is 2.59. The number of rotatable bonds is 13. The van der Waals surface area contributed by atoms with Crippen molar-refractivity contribution in [3.63, 3.8) is 0 Å². The maximum absolute atomic E-state index is 12.5. The zero-order valence-corrected chi connectivity index (χ0v) is 19.3. The molecule has 166 valence electrons. The number of likely N-dealkylation sites (N-methyl/N-ethyl adjacent to an activating group) is 1. The van der Waals surface area contributed by atoms with Gasteiger partial charge < -0.3 is 27.9 Å².